The lowest BCUT2D eigenvalue weighted by Crippen LogP contribution is -2.31. The Morgan fingerprint density at radius 3 is 2.81 bits per heavy atom. The van der Waals surface area contributed by atoms with Crippen molar-refractivity contribution in [2.45, 2.75) is 26.3 Å². The standard InChI is InChI=1S/C22H23N3O2/c1-16-23-11-12-25(16)20-8-6-17(7-9-20)15-24-22(26)19-10-13-27-21-5-3-2-4-18(21)14-19/h2-9,11-12,19H,10,13-15H2,1H3,(H,24,26)/t19-/m1/s1. The van der Waals surface area contributed by atoms with Crippen LogP contribution < -0.4 is 10.1 Å². The number of benzene rings is 2. The summed E-state index contributed by atoms with van der Waals surface area (Å²) in [5.41, 5.74) is 3.25. The van der Waals surface area contributed by atoms with Gasteiger partial charge in [-0.05, 0) is 49.1 Å². The summed E-state index contributed by atoms with van der Waals surface area (Å²) in [5, 5.41) is 3.08. The molecule has 3 aromatic rings. The second-order valence-electron chi connectivity index (χ2n) is 6.87. The summed E-state index contributed by atoms with van der Waals surface area (Å²) in [6, 6.07) is 16.1. The summed E-state index contributed by atoms with van der Waals surface area (Å²) in [5.74, 6) is 1.89. The molecule has 2 aromatic carbocycles. The van der Waals surface area contributed by atoms with Gasteiger partial charge in [-0.3, -0.25) is 4.79 Å². The zero-order chi connectivity index (χ0) is 18.6. The van der Waals surface area contributed by atoms with Gasteiger partial charge < -0.3 is 14.6 Å². The van der Waals surface area contributed by atoms with Crippen molar-refractivity contribution < 1.29 is 9.53 Å². The van der Waals surface area contributed by atoms with Crippen molar-refractivity contribution in [3.05, 3.63) is 77.9 Å². The van der Waals surface area contributed by atoms with E-state index >= 15 is 0 Å². The molecule has 0 spiro atoms. The second-order valence-corrected chi connectivity index (χ2v) is 6.87. The Morgan fingerprint density at radius 2 is 2.04 bits per heavy atom. The summed E-state index contributed by atoms with van der Waals surface area (Å²) in [6.45, 7) is 3.08. The van der Waals surface area contributed by atoms with Crippen molar-refractivity contribution in [2.24, 2.45) is 5.92 Å². The Labute approximate surface area is 159 Å². The number of amides is 1. The molecule has 27 heavy (non-hydrogen) atoms. The number of para-hydroxylation sites is 1. The number of carbonyl (C=O) groups excluding carboxylic acids is 1. The Hall–Kier alpha value is -3.08. The van der Waals surface area contributed by atoms with E-state index in [9.17, 15) is 4.79 Å². The summed E-state index contributed by atoms with van der Waals surface area (Å²) in [6.07, 6.45) is 5.19. The smallest absolute Gasteiger partial charge is 0.223 e. The van der Waals surface area contributed by atoms with Crippen LogP contribution in [0.25, 0.3) is 5.69 Å². The normalized spacial score (nSPS) is 16.1. The van der Waals surface area contributed by atoms with Crippen molar-refractivity contribution in [3.8, 4) is 11.4 Å². The number of aromatic nitrogens is 2. The third-order valence-electron chi connectivity index (χ3n) is 5.04. The van der Waals surface area contributed by atoms with Gasteiger partial charge in [-0.25, -0.2) is 4.98 Å². The summed E-state index contributed by atoms with van der Waals surface area (Å²) < 4.78 is 7.80. The lowest BCUT2D eigenvalue weighted by atomic mass is 9.96. The lowest BCUT2D eigenvalue weighted by Gasteiger charge is -2.14. The Morgan fingerprint density at radius 1 is 1.22 bits per heavy atom. The van der Waals surface area contributed by atoms with Crippen LogP contribution in [-0.2, 0) is 17.8 Å². The van der Waals surface area contributed by atoms with Gasteiger partial charge in [0.25, 0.3) is 0 Å². The third kappa shape index (κ3) is 3.87. The van der Waals surface area contributed by atoms with E-state index in [4.69, 9.17) is 4.74 Å². The van der Waals surface area contributed by atoms with Gasteiger partial charge in [0, 0.05) is 30.5 Å². The molecule has 1 amide bonds. The van der Waals surface area contributed by atoms with Crippen molar-refractivity contribution in [2.75, 3.05) is 6.61 Å². The predicted octanol–water partition coefficient (Wildman–Crippen LogP) is 3.44. The van der Waals surface area contributed by atoms with E-state index < -0.39 is 0 Å². The fraction of sp³-hybridized carbons (Fsp3) is 0.273. The number of aryl methyl sites for hydroxylation is 1. The van der Waals surface area contributed by atoms with Crippen molar-refractivity contribution in [3.63, 3.8) is 0 Å². The maximum Gasteiger partial charge on any atom is 0.223 e. The Kier molecular flexibility index (Phi) is 4.92. The van der Waals surface area contributed by atoms with Crippen molar-refractivity contribution in [1.82, 2.24) is 14.9 Å². The zero-order valence-corrected chi connectivity index (χ0v) is 15.4. The number of nitrogens with zero attached hydrogens (tertiary/aromatic N) is 2. The summed E-state index contributed by atoms with van der Waals surface area (Å²) in [4.78, 5) is 16.9. The van der Waals surface area contributed by atoms with Crippen LogP contribution in [0.5, 0.6) is 5.75 Å². The largest absolute Gasteiger partial charge is 0.493 e. The summed E-state index contributed by atoms with van der Waals surface area (Å²) >= 11 is 0. The molecule has 1 atom stereocenters. The first-order chi connectivity index (χ1) is 13.2. The van der Waals surface area contributed by atoms with E-state index in [1.807, 2.05) is 66.2 Å². The maximum atomic E-state index is 12.7. The van der Waals surface area contributed by atoms with Crippen molar-refractivity contribution >= 4 is 5.91 Å². The molecule has 1 aromatic heterocycles. The highest BCUT2D eigenvalue weighted by Crippen LogP contribution is 2.26. The molecule has 2 heterocycles. The average molecular weight is 361 g/mol. The van der Waals surface area contributed by atoms with Gasteiger partial charge in [0.15, 0.2) is 0 Å². The molecule has 5 nitrogen and oxygen atoms in total. The molecule has 4 rings (SSSR count). The van der Waals surface area contributed by atoms with E-state index in [2.05, 4.69) is 10.3 Å². The molecule has 0 saturated heterocycles. The summed E-state index contributed by atoms with van der Waals surface area (Å²) in [7, 11) is 0. The monoisotopic (exact) mass is 361 g/mol. The zero-order valence-electron chi connectivity index (χ0n) is 15.4. The van der Waals surface area contributed by atoms with E-state index in [1.165, 1.54) is 0 Å². The topological polar surface area (TPSA) is 56.2 Å². The number of carbonyl (C=O) groups is 1. The van der Waals surface area contributed by atoms with Crippen LogP contribution in [0, 0.1) is 12.8 Å². The third-order valence-corrected chi connectivity index (χ3v) is 5.04. The molecule has 138 valence electrons. The maximum absolute atomic E-state index is 12.7. The molecular formula is C22H23N3O2. The second kappa shape index (κ2) is 7.66. The molecule has 1 aliphatic heterocycles. The number of fused-ring (bicyclic) bond motifs is 1. The average Bonchev–Trinajstić information content (AvgIpc) is 3.00. The van der Waals surface area contributed by atoms with Gasteiger partial charge in [0.1, 0.15) is 11.6 Å². The van der Waals surface area contributed by atoms with Crippen molar-refractivity contribution in [1.29, 1.82) is 0 Å². The lowest BCUT2D eigenvalue weighted by molar-refractivity contribution is -0.125. The van der Waals surface area contributed by atoms with Crippen LogP contribution in [0.4, 0.5) is 0 Å². The quantitative estimate of drug-likeness (QED) is 0.774. The predicted molar refractivity (Wildman–Crippen MR) is 104 cm³/mol. The van der Waals surface area contributed by atoms with Crippen LogP contribution in [0.2, 0.25) is 0 Å². The van der Waals surface area contributed by atoms with E-state index in [0.717, 1.165) is 41.2 Å². The van der Waals surface area contributed by atoms with E-state index in [1.54, 1.807) is 6.20 Å². The number of nitrogens with one attached hydrogen (secondary N) is 1. The van der Waals surface area contributed by atoms with Crippen LogP contribution in [0.15, 0.2) is 60.9 Å². The van der Waals surface area contributed by atoms with Gasteiger partial charge in [-0.15, -0.1) is 0 Å². The molecular weight excluding hydrogens is 338 g/mol. The van der Waals surface area contributed by atoms with Gasteiger partial charge in [0.05, 0.1) is 6.61 Å². The van der Waals surface area contributed by atoms with Crippen LogP contribution in [0.3, 0.4) is 0 Å². The Bertz CT molecular complexity index is 931. The first kappa shape index (κ1) is 17.3. The first-order valence-electron chi connectivity index (χ1n) is 9.28. The molecule has 5 heteroatoms. The van der Waals surface area contributed by atoms with Gasteiger partial charge in [-0.2, -0.15) is 0 Å². The van der Waals surface area contributed by atoms with E-state index in [-0.39, 0.29) is 11.8 Å². The van der Waals surface area contributed by atoms with Gasteiger partial charge >= 0.3 is 0 Å². The first-order valence-corrected chi connectivity index (χ1v) is 9.28. The highest BCUT2D eigenvalue weighted by molar-refractivity contribution is 5.79. The minimum absolute atomic E-state index is 0.0541. The minimum Gasteiger partial charge on any atom is -0.493 e. The molecule has 0 unspecified atom stereocenters. The van der Waals surface area contributed by atoms with Crippen LogP contribution in [-0.4, -0.2) is 22.1 Å². The van der Waals surface area contributed by atoms with Gasteiger partial charge in [0.2, 0.25) is 5.91 Å². The van der Waals surface area contributed by atoms with Crippen LogP contribution in [0.1, 0.15) is 23.4 Å². The fourth-order valence-corrected chi connectivity index (χ4v) is 3.47. The minimum atomic E-state index is -0.0541. The molecule has 0 saturated carbocycles. The van der Waals surface area contributed by atoms with Gasteiger partial charge in [-0.1, -0.05) is 30.3 Å². The molecule has 1 N–H and O–H groups in total. The highest BCUT2D eigenvalue weighted by Gasteiger charge is 2.23. The molecule has 0 bridgehead atoms. The molecule has 0 radical (unpaired) electrons. The number of rotatable bonds is 4. The number of hydrogen-bond acceptors (Lipinski definition) is 3. The molecule has 0 aliphatic carbocycles. The fourth-order valence-electron chi connectivity index (χ4n) is 3.47. The van der Waals surface area contributed by atoms with E-state index in [0.29, 0.717) is 13.2 Å². The van der Waals surface area contributed by atoms with Crippen LogP contribution >= 0.6 is 0 Å². The molecule has 0 fully saturated rings. The highest BCUT2D eigenvalue weighted by atomic mass is 16.5. The number of ether oxygens (including phenoxy) is 1. The Balaban J connectivity index is 1.37. The SMILES string of the molecule is Cc1nccn1-c1ccc(CNC(=O)[C@@H]2CCOc3ccccc3C2)cc1. The number of imidazole rings is 1. The number of hydrogen-bond donors (Lipinski definition) is 1. The molecule has 1 aliphatic rings.